The van der Waals surface area contributed by atoms with E-state index in [1.807, 2.05) is 0 Å². The molecule has 1 unspecified atom stereocenters. The summed E-state index contributed by atoms with van der Waals surface area (Å²) in [6.07, 6.45) is 1.43. The molecule has 1 atom stereocenters. The molecule has 4 rings (SSSR count). The molecule has 2 heterocycles. The monoisotopic (exact) mass is 436 g/mol. The van der Waals surface area contributed by atoms with Crippen molar-refractivity contribution in [1.82, 2.24) is 9.88 Å². The summed E-state index contributed by atoms with van der Waals surface area (Å²) in [5.74, 6) is 0.150. The minimum Gasteiger partial charge on any atom is -0.493 e. The quantitative estimate of drug-likeness (QED) is 0.554. The Morgan fingerprint density at radius 3 is 2.59 bits per heavy atom. The largest absolute Gasteiger partial charge is 0.493 e. The molecule has 1 aliphatic rings. The van der Waals surface area contributed by atoms with E-state index in [1.165, 1.54) is 19.2 Å². The molecular weight excluding hydrogens is 411 g/mol. The van der Waals surface area contributed by atoms with Gasteiger partial charge in [-0.1, -0.05) is 0 Å². The van der Waals surface area contributed by atoms with Gasteiger partial charge >= 0.3 is 0 Å². The molecule has 0 bridgehead atoms. The molecule has 0 radical (unpaired) electrons. The molecule has 166 valence electrons. The molecule has 1 aliphatic heterocycles. The van der Waals surface area contributed by atoms with Crippen LogP contribution in [-0.4, -0.2) is 48.9 Å². The lowest BCUT2D eigenvalue weighted by Gasteiger charge is -2.32. The van der Waals surface area contributed by atoms with Gasteiger partial charge in [0.25, 0.3) is 5.91 Å². The number of carbonyl (C=O) groups excluding carboxylic acids is 2. The van der Waals surface area contributed by atoms with Gasteiger partial charge in [0.2, 0.25) is 0 Å². The van der Waals surface area contributed by atoms with E-state index in [4.69, 9.17) is 9.47 Å². The number of carbonyl (C=O) groups is 2. The normalized spacial score (nSPS) is 16.1. The number of likely N-dealkylation sites (tertiary alicyclic amines) is 1. The Labute approximate surface area is 186 Å². The first-order valence-corrected chi connectivity index (χ1v) is 10.5. The van der Waals surface area contributed by atoms with E-state index in [0.29, 0.717) is 58.7 Å². The van der Waals surface area contributed by atoms with Crippen LogP contribution >= 0.6 is 0 Å². The van der Waals surface area contributed by atoms with E-state index in [9.17, 15) is 14.0 Å². The first-order chi connectivity index (χ1) is 15.4. The van der Waals surface area contributed by atoms with E-state index in [0.717, 1.165) is 6.42 Å². The average Bonchev–Trinajstić information content (AvgIpc) is 2.81. The number of nitrogens with zero attached hydrogens (tertiary/aromatic N) is 2. The highest BCUT2D eigenvalue weighted by Gasteiger charge is 2.30. The number of fused-ring (bicyclic) bond motifs is 1. The Morgan fingerprint density at radius 1 is 1.06 bits per heavy atom. The Hall–Kier alpha value is -3.48. The zero-order valence-electron chi connectivity index (χ0n) is 18.4. The number of halogens is 1. The number of pyridine rings is 1. The Morgan fingerprint density at radius 2 is 1.84 bits per heavy atom. The first kappa shape index (κ1) is 21.7. The van der Waals surface area contributed by atoms with Gasteiger partial charge in [0.15, 0.2) is 17.3 Å². The van der Waals surface area contributed by atoms with Gasteiger partial charge in [-0.05, 0) is 56.2 Å². The van der Waals surface area contributed by atoms with Crippen LogP contribution in [0, 0.1) is 18.7 Å². The maximum Gasteiger partial charge on any atom is 0.254 e. The van der Waals surface area contributed by atoms with Crippen LogP contribution in [-0.2, 0) is 0 Å². The molecule has 32 heavy (non-hydrogen) atoms. The lowest BCUT2D eigenvalue weighted by Crippen LogP contribution is -2.42. The number of hydrogen-bond donors (Lipinski definition) is 0. The number of benzene rings is 2. The third kappa shape index (κ3) is 4.15. The van der Waals surface area contributed by atoms with Crippen molar-refractivity contribution in [3.63, 3.8) is 0 Å². The Kier molecular flexibility index (Phi) is 6.08. The van der Waals surface area contributed by atoms with Gasteiger partial charge in [0, 0.05) is 41.7 Å². The lowest BCUT2D eigenvalue weighted by molar-refractivity contribution is 0.0638. The van der Waals surface area contributed by atoms with Crippen molar-refractivity contribution in [2.45, 2.75) is 19.8 Å². The van der Waals surface area contributed by atoms with Crippen molar-refractivity contribution < 1.29 is 23.5 Å². The summed E-state index contributed by atoms with van der Waals surface area (Å²) in [5, 5.41) is 0.607. The summed E-state index contributed by atoms with van der Waals surface area (Å²) in [7, 11) is 3.07. The van der Waals surface area contributed by atoms with Crippen molar-refractivity contribution in [1.29, 1.82) is 0 Å². The number of piperidine rings is 1. The summed E-state index contributed by atoms with van der Waals surface area (Å²) in [5.41, 5.74) is 2.10. The molecule has 3 aromatic rings. The number of Topliss-reactive ketones (excluding diaryl/α,β-unsaturated/α-hetero) is 1. The number of aryl methyl sites for hydroxylation is 1. The number of aromatic nitrogens is 1. The highest BCUT2D eigenvalue weighted by Crippen LogP contribution is 2.30. The SMILES string of the molecule is COc1ccc(C(=O)C2CCCN(C(=O)c3cc(C)nc4cc(F)ccc34)C2)cc1OC. The fraction of sp³-hybridized carbons (Fsp3) is 0.320. The van der Waals surface area contributed by atoms with Crippen molar-refractivity contribution in [3.8, 4) is 11.5 Å². The third-order valence-corrected chi connectivity index (χ3v) is 5.88. The van der Waals surface area contributed by atoms with Crippen molar-refractivity contribution in [3.05, 3.63) is 65.1 Å². The van der Waals surface area contributed by atoms with Gasteiger partial charge in [-0.15, -0.1) is 0 Å². The number of ketones is 1. The van der Waals surface area contributed by atoms with Gasteiger partial charge in [0.05, 0.1) is 25.3 Å². The minimum absolute atomic E-state index is 0.0266. The van der Waals surface area contributed by atoms with Crippen LogP contribution in [0.3, 0.4) is 0 Å². The Balaban J connectivity index is 1.59. The second-order valence-electron chi connectivity index (χ2n) is 8.00. The highest BCUT2D eigenvalue weighted by atomic mass is 19.1. The molecule has 1 fully saturated rings. The zero-order valence-corrected chi connectivity index (χ0v) is 18.4. The number of ether oxygens (including phenoxy) is 2. The molecule has 0 N–H and O–H groups in total. The molecule has 7 heteroatoms. The summed E-state index contributed by atoms with van der Waals surface area (Å²) in [6.45, 7) is 2.68. The summed E-state index contributed by atoms with van der Waals surface area (Å²) >= 11 is 0. The average molecular weight is 436 g/mol. The van der Waals surface area contributed by atoms with Crippen LogP contribution in [0.2, 0.25) is 0 Å². The van der Waals surface area contributed by atoms with Crippen LogP contribution in [0.25, 0.3) is 10.9 Å². The molecule has 6 nitrogen and oxygen atoms in total. The van der Waals surface area contributed by atoms with Crippen molar-refractivity contribution >= 4 is 22.6 Å². The van der Waals surface area contributed by atoms with Gasteiger partial charge < -0.3 is 14.4 Å². The zero-order chi connectivity index (χ0) is 22.8. The lowest BCUT2D eigenvalue weighted by atomic mass is 9.89. The Bertz CT molecular complexity index is 1190. The molecule has 0 aliphatic carbocycles. The summed E-state index contributed by atoms with van der Waals surface area (Å²) in [6, 6.07) is 11.1. The van der Waals surface area contributed by atoms with Crippen molar-refractivity contribution in [2.24, 2.45) is 5.92 Å². The van der Waals surface area contributed by atoms with Crippen LogP contribution < -0.4 is 9.47 Å². The molecule has 1 saturated heterocycles. The second-order valence-corrected chi connectivity index (χ2v) is 8.00. The first-order valence-electron chi connectivity index (χ1n) is 10.5. The topological polar surface area (TPSA) is 68.7 Å². The number of amides is 1. The van der Waals surface area contributed by atoms with E-state index in [-0.39, 0.29) is 17.6 Å². The van der Waals surface area contributed by atoms with E-state index < -0.39 is 5.82 Å². The second kappa shape index (κ2) is 8.94. The van der Waals surface area contributed by atoms with Crippen LogP contribution in [0.15, 0.2) is 42.5 Å². The number of hydrogen-bond acceptors (Lipinski definition) is 5. The van der Waals surface area contributed by atoms with Gasteiger partial charge in [-0.3, -0.25) is 14.6 Å². The van der Waals surface area contributed by atoms with Gasteiger partial charge in [-0.2, -0.15) is 0 Å². The summed E-state index contributed by atoms with van der Waals surface area (Å²) in [4.78, 5) is 32.6. The van der Waals surface area contributed by atoms with Crippen LogP contribution in [0.5, 0.6) is 11.5 Å². The summed E-state index contributed by atoms with van der Waals surface area (Å²) < 4.78 is 24.2. The molecule has 1 amide bonds. The smallest absolute Gasteiger partial charge is 0.254 e. The van der Waals surface area contributed by atoms with E-state index in [2.05, 4.69) is 4.98 Å². The standard InChI is InChI=1S/C25H25FN2O4/c1-15-11-20(19-8-7-18(26)13-21(19)27-15)25(30)28-10-4-5-17(14-28)24(29)16-6-9-22(31-2)23(12-16)32-3/h6-9,11-13,17H,4-5,10,14H2,1-3H3. The molecule has 0 saturated carbocycles. The van der Waals surface area contributed by atoms with Gasteiger partial charge in [0.1, 0.15) is 5.82 Å². The van der Waals surface area contributed by atoms with E-state index in [1.54, 1.807) is 49.3 Å². The fourth-order valence-electron chi connectivity index (χ4n) is 4.28. The molecule has 1 aromatic heterocycles. The molecule has 0 spiro atoms. The predicted octanol–water partition coefficient (Wildman–Crippen LogP) is 4.43. The third-order valence-electron chi connectivity index (χ3n) is 5.88. The van der Waals surface area contributed by atoms with Gasteiger partial charge in [-0.25, -0.2) is 4.39 Å². The predicted molar refractivity (Wildman–Crippen MR) is 119 cm³/mol. The van der Waals surface area contributed by atoms with E-state index >= 15 is 0 Å². The molecular formula is C25H25FN2O4. The number of methoxy groups -OCH3 is 2. The fourth-order valence-corrected chi connectivity index (χ4v) is 4.28. The molecule has 2 aromatic carbocycles. The maximum atomic E-state index is 13.7. The number of rotatable bonds is 5. The van der Waals surface area contributed by atoms with Crippen LogP contribution in [0.4, 0.5) is 4.39 Å². The maximum absolute atomic E-state index is 13.7. The minimum atomic E-state index is -0.396. The van der Waals surface area contributed by atoms with Crippen molar-refractivity contribution in [2.75, 3.05) is 27.3 Å². The highest BCUT2D eigenvalue weighted by molar-refractivity contribution is 6.06. The van der Waals surface area contributed by atoms with Crippen LogP contribution in [0.1, 0.15) is 39.3 Å².